The van der Waals surface area contributed by atoms with Crippen LogP contribution in [0.2, 0.25) is 0 Å². The van der Waals surface area contributed by atoms with E-state index in [0.29, 0.717) is 67.2 Å². The zero-order chi connectivity index (χ0) is 85.9. The number of ether oxygens (including phenoxy) is 8. The van der Waals surface area contributed by atoms with Crippen LogP contribution in [0.1, 0.15) is 202 Å². The van der Waals surface area contributed by atoms with E-state index in [4.69, 9.17) is 48.1 Å². The summed E-state index contributed by atoms with van der Waals surface area (Å²) < 4.78 is 46.7. The Morgan fingerprint density at radius 3 is 0.540 bits per heavy atom. The predicted molar refractivity (Wildman–Crippen MR) is 492 cm³/mol. The number of hydrogen-bond acceptors (Lipinski definition) is 14. The number of aromatic hydroxyl groups is 4. The normalized spacial score (nSPS) is 14.0. The molecule has 124 heavy (non-hydrogen) atoms. The van der Waals surface area contributed by atoms with Gasteiger partial charge in [-0.25, -0.2) is 0 Å². The minimum atomic E-state index is -0.417. The smallest absolute Gasteiger partial charge is 0.127 e. The van der Waals surface area contributed by atoms with Crippen molar-refractivity contribution in [3.8, 4) is 80.5 Å². The van der Waals surface area contributed by atoms with Gasteiger partial charge in [0, 0.05) is 16.2 Å². The van der Waals surface area contributed by atoms with Crippen LogP contribution in [0.25, 0.3) is 0 Å². The fraction of sp³-hybridized carbons (Fsp3) is 0.291. The van der Waals surface area contributed by atoms with Crippen LogP contribution >= 0.6 is 0 Å². The Balaban J connectivity index is 0.000000154. The van der Waals surface area contributed by atoms with Crippen molar-refractivity contribution in [3.05, 3.63) is 382 Å². The van der Waals surface area contributed by atoms with Gasteiger partial charge in [0.15, 0.2) is 0 Å². The molecule has 13 aromatic rings. The van der Waals surface area contributed by atoms with Gasteiger partial charge in [0.25, 0.3) is 0 Å². The van der Waals surface area contributed by atoms with Crippen LogP contribution in [0.5, 0.6) is 80.5 Å². The highest BCUT2D eigenvalue weighted by molar-refractivity contribution is 5.57. The predicted octanol–water partition coefficient (Wildman–Crippen LogP) is 25.3. The van der Waals surface area contributed by atoms with Gasteiger partial charge in [-0.2, -0.15) is 0 Å². The third kappa shape index (κ3) is 22.8. The van der Waals surface area contributed by atoms with Crippen LogP contribution in [-0.4, -0.2) is 83.5 Å². The van der Waals surface area contributed by atoms with Crippen molar-refractivity contribution in [1.29, 1.82) is 0 Å². The van der Waals surface area contributed by atoms with E-state index < -0.39 is 10.8 Å². The van der Waals surface area contributed by atoms with E-state index in [-0.39, 0.29) is 54.8 Å². The maximum Gasteiger partial charge on any atom is 0.127 e. The summed E-state index contributed by atoms with van der Waals surface area (Å²) in [6.07, 6.45) is 19.7. The van der Waals surface area contributed by atoms with Gasteiger partial charge in [-0.15, -0.1) is 0 Å². The summed E-state index contributed by atoms with van der Waals surface area (Å²) in [7, 11) is 0. The highest BCUT2D eigenvalue weighted by Gasteiger charge is 2.36. The number of aliphatic hydroxyl groups is 2. The third-order valence-electron chi connectivity index (χ3n) is 25.1. The Kier molecular flexibility index (Phi) is 30.4. The molecule has 14 heteroatoms. The van der Waals surface area contributed by atoms with Crippen molar-refractivity contribution in [2.45, 2.75) is 151 Å². The Morgan fingerprint density at radius 2 is 0.355 bits per heavy atom. The van der Waals surface area contributed by atoms with Crippen LogP contribution in [0, 0.1) is 0 Å². The van der Waals surface area contributed by atoms with Gasteiger partial charge in [0.2, 0.25) is 0 Å². The Hall–Kier alpha value is -12.6. The average Bonchev–Trinajstić information content (AvgIpc) is 0.768. The second-order valence-electron chi connectivity index (χ2n) is 33.1. The standard InChI is InChI=1S/C42H44O6.C38H36O4.C30H36O4/c1-42(33-9-7-32(8-10-33)31-5-3-2-4-6-31,34-11-19-38(20-12-34)45-27-29-47-40-23-15-36(43)16-24-40)35-13-21-39(22-14-35)46-28-30-48-41-25-17-37(44)18-26-41;1-38(29-9-7-28(8-10-29)27-5-3-2-4-6-27,30-11-19-34(20-12-30)41-36-23-15-32(39)16-24-36)31-13-21-35(22-14-31)42-37-25-17-33(40)18-26-37;1-30(26-11-15-28(16-12-26)33-21-19-31,27-13-17-29(18-14-27)34-22-20-32)25-9-7-24(8-10-25)23-5-3-2-4-6-23/h7-26,31,43-44H,2-6,27-30H2,1H3;7-27,39-40H,2-6H2,1H3;7-18,23,31-32H,2-6,19-22H2,1H3. The molecule has 3 aliphatic carbocycles. The Bertz CT molecular complexity index is 5100. The van der Waals surface area contributed by atoms with Crippen molar-refractivity contribution in [3.63, 3.8) is 0 Å². The number of hydrogen-bond donors (Lipinski definition) is 6. The van der Waals surface area contributed by atoms with Crippen LogP contribution in [0.4, 0.5) is 0 Å². The molecule has 0 aliphatic heterocycles. The molecule has 0 amide bonds. The molecule has 3 fully saturated rings. The third-order valence-corrected chi connectivity index (χ3v) is 25.1. The zero-order valence-electron chi connectivity index (χ0n) is 71.5. The van der Waals surface area contributed by atoms with E-state index in [0.717, 1.165) is 56.8 Å². The van der Waals surface area contributed by atoms with Gasteiger partial charge in [-0.1, -0.05) is 203 Å². The lowest BCUT2D eigenvalue weighted by Crippen LogP contribution is -2.25. The number of benzene rings is 13. The molecule has 3 aliphatic rings. The summed E-state index contributed by atoms with van der Waals surface area (Å²) in [4.78, 5) is 0. The molecular weight excluding hydrogens is 1550 g/mol. The average molecular weight is 1660 g/mol. The molecule has 0 unspecified atom stereocenters. The highest BCUT2D eigenvalue weighted by atomic mass is 16.5. The molecular formula is C110H116O14. The molecule has 6 N–H and O–H groups in total. The van der Waals surface area contributed by atoms with Crippen LogP contribution in [-0.2, 0) is 16.2 Å². The molecule has 13 aromatic carbocycles. The molecule has 0 heterocycles. The molecule has 0 atom stereocenters. The van der Waals surface area contributed by atoms with Gasteiger partial charge >= 0.3 is 0 Å². The van der Waals surface area contributed by atoms with Crippen molar-refractivity contribution in [2.75, 3.05) is 52.9 Å². The van der Waals surface area contributed by atoms with Gasteiger partial charge in [0.1, 0.15) is 120 Å². The van der Waals surface area contributed by atoms with Gasteiger partial charge in [-0.3, -0.25) is 0 Å². The van der Waals surface area contributed by atoms with E-state index in [2.05, 4.69) is 166 Å². The van der Waals surface area contributed by atoms with Crippen LogP contribution in [0.15, 0.2) is 315 Å². The summed E-state index contributed by atoms with van der Waals surface area (Å²) in [5.41, 5.74) is 13.8. The fourth-order valence-corrected chi connectivity index (χ4v) is 17.7. The van der Waals surface area contributed by atoms with Crippen LogP contribution in [0.3, 0.4) is 0 Å². The van der Waals surface area contributed by atoms with Gasteiger partial charge in [0.05, 0.1) is 13.2 Å². The maximum atomic E-state index is 9.58. The monoisotopic (exact) mass is 1660 g/mol. The molecule has 0 bridgehead atoms. The van der Waals surface area contributed by atoms with Crippen LogP contribution < -0.4 is 37.9 Å². The topological polar surface area (TPSA) is 195 Å². The minimum absolute atomic E-state index is 0.00247. The SMILES string of the molecule is CC(c1ccc(OCCO)cc1)(c1ccc(OCCO)cc1)c1ccc(C2CCCCC2)cc1.CC(c1ccc(OCCOc2ccc(O)cc2)cc1)(c1ccc(OCCOc2ccc(O)cc2)cc1)c1ccc(C2CCCCC2)cc1.CC(c1ccc(Oc2ccc(O)cc2)cc1)(c1ccc(Oc2ccc(O)cc2)cc1)c1ccc(C2CCCCC2)cc1. The van der Waals surface area contributed by atoms with E-state index in [1.807, 2.05) is 72.8 Å². The number of phenolic OH excluding ortho intramolecular Hbond substituents is 4. The second kappa shape index (κ2) is 42.9. The summed E-state index contributed by atoms with van der Waals surface area (Å²) >= 11 is 0. The Labute approximate surface area is 730 Å². The van der Waals surface area contributed by atoms with E-state index in [1.54, 1.807) is 97.1 Å². The zero-order valence-corrected chi connectivity index (χ0v) is 71.5. The highest BCUT2D eigenvalue weighted by Crippen LogP contribution is 2.47. The van der Waals surface area contributed by atoms with E-state index in [9.17, 15) is 20.4 Å². The van der Waals surface area contributed by atoms with Crippen molar-refractivity contribution in [1.82, 2.24) is 0 Å². The lowest BCUT2D eigenvalue weighted by Gasteiger charge is -2.33. The van der Waals surface area contributed by atoms with E-state index in [1.165, 1.54) is 141 Å². The number of aliphatic hydroxyl groups excluding tert-OH is 2. The van der Waals surface area contributed by atoms with E-state index >= 15 is 0 Å². The van der Waals surface area contributed by atoms with Crippen molar-refractivity contribution >= 4 is 0 Å². The van der Waals surface area contributed by atoms with Crippen molar-refractivity contribution in [2.24, 2.45) is 0 Å². The lowest BCUT2D eigenvalue weighted by molar-refractivity contribution is 0.201. The Morgan fingerprint density at radius 1 is 0.202 bits per heavy atom. The van der Waals surface area contributed by atoms with Gasteiger partial charge < -0.3 is 68.5 Å². The fourth-order valence-electron chi connectivity index (χ4n) is 17.7. The minimum Gasteiger partial charge on any atom is -0.508 e. The molecule has 0 radical (unpaired) electrons. The second-order valence-corrected chi connectivity index (χ2v) is 33.1. The van der Waals surface area contributed by atoms with Crippen molar-refractivity contribution < 1.29 is 68.5 Å². The first-order valence-electron chi connectivity index (χ1n) is 44.0. The summed E-state index contributed by atoms with van der Waals surface area (Å²) in [5.74, 6) is 10.1. The van der Waals surface area contributed by atoms with Gasteiger partial charge in [-0.05, 0) is 314 Å². The first-order valence-corrected chi connectivity index (χ1v) is 44.0. The summed E-state index contributed by atoms with van der Waals surface area (Å²) in [6, 6.07) is 104. The quantitative estimate of drug-likeness (QED) is 0.0172. The largest absolute Gasteiger partial charge is 0.508 e. The first-order chi connectivity index (χ1) is 60.6. The summed E-state index contributed by atoms with van der Waals surface area (Å²) in [6.45, 7) is 8.99. The molecule has 0 saturated heterocycles. The number of phenols is 4. The molecule has 14 nitrogen and oxygen atoms in total. The maximum absolute atomic E-state index is 9.58. The molecule has 0 aromatic heterocycles. The molecule has 0 spiro atoms. The molecule has 3 saturated carbocycles. The first kappa shape index (κ1) is 87.7. The number of rotatable bonds is 32. The lowest BCUT2D eigenvalue weighted by atomic mass is 9.70. The molecule has 640 valence electrons. The summed E-state index contributed by atoms with van der Waals surface area (Å²) in [5, 5.41) is 56.2. The molecule has 16 rings (SSSR count).